The first kappa shape index (κ1) is 22.7. The summed E-state index contributed by atoms with van der Waals surface area (Å²) in [6.07, 6.45) is 2.88. The molecular formula is C23H28N4O3S2. The Morgan fingerprint density at radius 2 is 1.81 bits per heavy atom. The number of aryl methyl sites for hydroxylation is 1. The van der Waals surface area contributed by atoms with Crippen molar-refractivity contribution >= 4 is 27.3 Å². The first-order valence-corrected chi connectivity index (χ1v) is 13.1. The molecule has 0 aliphatic carbocycles. The Balaban J connectivity index is 1.46. The molecule has 0 unspecified atom stereocenters. The van der Waals surface area contributed by atoms with E-state index >= 15 is 0 Å². The van der Waals surface area contributed by atoms with Gasteiger partial charge < -0.3 is 5.32 Å². The first-order chi connectivity index (χ1) is 15.4. The minimum Gasteiger partial charge on any atom is -0.347 e. The van der Waals surface area contributed by atoms with E-state index in [0.29, 0.717) is 48.0 Å². The zero-order chi connectivity index (χ0) is 22.7. The standard InChI is InChI=1S/C23H28N4O3S2/c1-17-22(32(29,30)26-12-4-3-5-13-26)18(2)27(25-17)16-19-8-10-20(11-9-19)23(28)24-15-21-7-6-14-31-21/h6-11,14H,3-5,12-13,15-16H2,1-2H3,(H,24,28). The van der Waals surface area contributed by atoms with Gasteiger partial charge in [-0.3, -0.25) is 9.48 Å². The van der Waals surface area contributed by atoms with Crippen LogP contribution in [0, 0.1) is 13.8 Å². The van der Waals surface area contributed by atoms with Crippen LogP contribution in [0.1, 0.15) is 51.4 Å². The highest BCUT2D eigenvalue weighted by molar-refractivity contribution is 7.89. The van der Waals surface area contributed by atoms with Crippen LogP contribution in [0.5, 0.6) is 0 Å². The van der Waals surface area contributed by atoms with Crippen molar-refractivity contribution in [3.63, 3.8) is 0 Å². The average Bonchev–Trinajstić information content (AvgIpc) is 3.41. The Kier molecular flexibility index (Phi) is 6.78. The van der Waals surface area contributed by atoms with Crippen LogP contribution in [-0.4, -0.2) is 41.5 Å². The Labute approximate surface area is 193 Å². The third kappa shape index (κ3) is 4.79. The number of rotatable bonds is 7. The topological polar surface area (TPSA) is 84.3 Å². The van der Waals surface area contributed by atoms with E-state index < -0.39 is 10.0 Å². The van der Waals surface area contributed by atoms with Gasteiger partial charge in [0.05, 0.1) is 24.5 Å². The lowest BCUT2D eigenvalue weighted by atomic mass is 10.1. The van der Waals surface area contributed by atoms with Crippen LogP contribution < -0.4 is 5.32 Å². The zero-order valence-corrected chi connectivity index (χ0v) is 20.0. The molecular weight excluding hydrogens is 444 g/mol. The number of benzene rings is 1. The van der Waals surface area contributed by atoms with E-state index in [1.165, 1.54) is 0 Å². The Morgan fingerprint density at radius 1 is 1.09 bits per heavy atom. The molecule has 1 amide bonds. The SMILES string of the molecule is Cc1nn(Cc2ccc(C(=O)NCc3cccs3)cc2)c(C)c1S(=O)(=O)N1CCCCC1. The second-order valence-electron chi connectivity index (χ2n) is 8.08. The normalized spacial score (nSPS) is 15.1. The fourth-order valence-electron chi connectivity index (χ4n) is 4.06. The maximum atomic E-state index is 13.2. The van der Waals surface area contributed by atoms with Crippen molar-refractivity contribution in [2.45, 2.75) is 51.1 Å². The van der Waals surface area contributed by atoms with Crippen molar-refractivity contribution < 1.29 is 13.2 Å². The summed E-state index contributed by atoms with van der Waals surface area (Å²) in [5.41, 5.74) is 2.71. The molecule has 1 aliphatic heterocycles. The molecule has 1 saturated heterocycles. The minimum atomic E-state index is -3.54. The summed E-state index contributed by atoms with van der Waals surface area (Å²) in [4.78, 5) is 13.8. The third-order valence-corrected chi connectivity index (χ3v) is 8.81. The molecule has 7 nitrogen and oxygen atoms in total. The number of amides is 1. The fourth-order valence-corrected chi connectivity index (χ4v) is 6.59. The van der Waals surface area contributed by atoms with E-state index in [-0.39, 0.29) is 5.91 Å². The van der Waals surface area contributed by atoms with Gasteiger partial charge in [0.1, 0.15) is 4.90 Å². The number of aromatic nitrogens is 2. The average molecular weight is 473 g/mol. The van der Waals surface area contributed by atoms with E-state index in [2.05, 4.69) is 10.4 Å². The van der Waals surface area contributed by atoms with Crippen LogP contribution >= 0.6 is 11.3 Å². The number of nitrogens with one attached hydrogen (secondary N) is 1. The van der Waals surface area contributed by atoms with Gasteiger partial charge in [-0.1, -0.05) is 24.6 Å². The second-order valence-corrected chi connectivity index (χ2v) is 11.0. The van der Waals surface area contributed by atoms with Crippen molar-refractivity contribution in [3.05, 3.63) is 69.2 Å². The molecule has 1 N–H and O–H groups in total. The molecule has 0 bridgehead atoms. The summed E-state index contributed by atoms with van der Waals surface area (Å²) >= 11 is 1.61. The fraction of sp³-hybridized carbons (Fsp3) is 0.391. The molecule has 0 saturated carbocycles. The van der Waals surface area contributed by atoms with E-state index in [9.17, 15) is 13.2 Å². The number of carbonyl (C=O) groups is 1. The summed E-state index contributed by atoms with van der Waals surface area (Å²) in [5.74, 6) is -0.119. The van der Waals surface area contributed by atoms with Gasteiger partial charge in [0.25, 0.3) is 5.91 Å². The van der Waals surface area contributed by atoms with Crippen molar-refractivity contribution in [1.82, 2.24) is 19.4 Å². The lowest BCUT2D eigenvalue weighted by Gasteiger charge is -2.26. The number of carbonyl (C=O) groups excluding carboxylic acids is 1. The van der Waals surface area contributed by atoms with Crippen molar-refractivity contribution in [2.75, 3.05) is 13.1 Å². The molecule has 9 heteroatoms. The molecule has 1 aliphatic rings. The maximum Gasteiger partial charge on any atom is 0.251 e. The van der Waals surface area contributed by atoms with Crippen LogP contribution in [0.4, 0.5) is 0 Å². The molecule has 1 fully saturated rings. The van der Waals surface area contributed by atoms with Gasteiger partial charge in [-0.2, -0.15) is 9.40 Å². The van der Waals surface area contributed by atoms with Gasteiger partial charge in [-0.05, 0) is 55.8 Å². The lowest BCUT2D eigenvalue weighted by molar-refractivity contribution is 0.0951. The third-order valence-electron chi connectivity index (χ3n) is 5.78. The monoisotopic (exact) mass is 472 g/mol. The Hall–Kier alpha value is -2.49. The first-order valence-electron chi connectivity index (χ1n) is 10.8. The molecule has 170 valence electrons. The highest BCUT2D eigenvalue weighted by Crippen LogP contribution is 2.26. The molecule has 3 heterocycles. The summed E-state index contributed by atoms with van der Waals surface area (Å²) < 4.78 is 29.7. The van der Waals surface area contributed by atoms with Crippen molar-refractivity contribution in [3.8, 4) is 0 Å². The number of nitrogens with zero attached hydrogens (tertiary/aromatic N) is 3. The van der Waals surface area contributed by atoms with Gasteiger partial charge >= 0.3 is 0 Å². The largest absolute Gasteiger partial charge is 0.347 e. The zero-order valence-electron chi connectivity index (χ0n) is 18.4. The maximum absolute atomic E-state index is 13.2. The number of piperidine rings is 1. The molecule has 2 aromatic heterocycles. The van der Waals surface area contributed by atoms with Crippen LogP contribution in [0.15, 0.2) is 46.7 Å². The minimum absolute atomic E-state index is 0.119. The van der Waals surface area contributed by atoms with E-state index in [1.807, 2.05) is 36.6 Å². The second kappa shape index (κ2) is 9.56. The van der Waals surface area contributed by atoms with Crippen LogP contribution in [-0.2, 0) is 23.1 Å². The van der Waals surface area contributed by atoms with Gasteiger partial charge in [0, 0.05) is 23.5 Å². The molecule has 3 aromatic rings. The van der Waals surface area contributed by atoms with E-state index in [4.69, 9.17) is 0 Å². The molecule has 4 rings (SSSR count). The predicted molar refractivity (Wildman–Crippen MR) is 125 cm³/mol. The predicted octanol–water partition coefficient (Wildman–Crippen LogP) is 3.71. The van der Waals surface area contributed by atoms with Gasteiger partial charge in [-0.25, -0.2) is 8.42 Å². The molecule has 0 spiro atoms. The summed E-state index contributed by atoms with van der Waals surface area (Å²) in [6, 6.07) is 11.3. The quantitative estimate of drug-likeness (QED) is 0.568. The van der Waals surface area contributed by atoms with Gasteiger partial charge in [0.2, 0.25) is 10.0 Å². The van der Waals surface area contributed by atoms with Crippen molar-refractivity contribution in [2.24, 2.45) is 0 Å². The highest BCUT2D eigenvalue weighted by atomic mass is 32.2. The lowest BCUT2D eigenvalue weighted by Crippen LogP contribution is -2.36. The molecule has 1 aromatic carbocycles. The summed E-state index contributed by atoms with van der Waals surface area (Å²) in [5, 5.41) is 9.42. The molecule has 32 heavy (non-hydrogen) atoms. The molecule has 0 atom stereocenters. The number of thiophene rings is 1. The number of sulfonamides is 1. The molecule has 0 radical (unpaired) electrons. The number of hydrogen-bond acceptors (Lipinski definition) is 5. The van der Waals surface area contributed by atoms with Gasteiger partial charge in [0.15, 0.2) is 0 Å². The summed E-state index contributed by atoms with van der Waals surface area (Å²) in [7, 11) is -3.54. The highest BCUT2D eigenvalue weighted by Gasteiger charge is 2.31. The van der Waals surface area contributed by atoms with E-state index in [1.54, 1.807) is 39.4 Å². The van der Waals surface area contributed by atoms with Crippen LogP contribution in [0.25, 0.3) is 0 Å². The smallest absolute Gasteiger partial charge is 0.251 e. The summed E-state index contributed by atoms with van der Waals surface area (Å²) in [6.45, 7) is 5.66. The Bertz CT molecular complexity index is 1180. The van der Waals surface area contributed by atoms with Crippen LogP contribution in [0.3, 0.4) is 0 Å². The van der Waals surface area contributed by atoms with Crippen LogP contribution in [0.2, 0.25) is 0 Å². The van der Waals surface area contributed by atoms with E-state index in [0.717, 1.165) is 29.7 Å². The van der Waals surface area contributed by atoms with Crippen molar-refractivity contribution in [1.29, 1.82) is 0 Å². The van der Waals surface area contributed by atoms with Gasteiger partial charge in [-0.15, -0.1) is 11.3 Å². The Morgan fingerprint density at radius 3 is 2.47 bits per heavy atom. The number of hydrogen-bond donors (Lipinski definition) is 1.